The van der Waals surface area contributed by atoms with Crippen molar-refractivity contribution in [2.75, 3.05) is 13.1 Å². The van der Waals surface area contributed by atoms with Crippen LogP contribution in [-0.4, -0.2) is 29.9 Å². The lowest BCUT2D eigenvalue weighted by atomic mass is 9.94. The van der Waals surface area contributed by atoms with Crippen LogP contribution < -0.4 is 5.32 Å². The third-order valence-electron chi connectivity index (χ3n) is 5.53. The van der Waals surface area contributed by atoms with Crippen molar-refractivity contribution in [3.63, 3.8) is 0 Å². The van der Waals surface area contributed by atoms with Gasteiger partial charge in [0.1, 0.15) is 0 Å². The van der Waals surface area contributed by atoms with Crippen LogP contribution in [-0.2, 0) is 17.8 Å². The highest BCUT2D eigenvalue weighted by atomic mass is 16.1. The van der Waals surface area contributed by atoms with Gasteiger partial charge in [-0.05, 0) is 56.8 Å². The average molecular weight is 351 g/mol. The van der Waals surface area contributed by atoms with E-state index >= 15 is 0 Å². The zero-order chi connectivity index (χ0) is 18.2. The number of benzene rings is 2. The van der Waals surface area contributed by atoms with Gasteiger partial charge in [0.15, 0.2) is 0 Å². The molecule has 2 aromatic carbocycles. The van der Waals surface area contributed by atoms with Crippen molar-refractivity contribution >= 4 is 5.91 Å². The minimum atomic E-state index is 0.163. The van der Waals surface area contributed by atoms with Crippen LogP contribution in [0.25, 0.3) is 0 Å². The second kappa shape index (κ2) is 9.54. The number of nitrogens with one attached hydrogen (secondary N) is 1. The lowest BCUT2D eigenvalue weighted by molar-refractivity contribution is -0.126. The van der Waals surface area contributed by atoms with E-state index in [4.69, 9.17) is 0 Å². The Bertz CT molecular complexity index is 663. The van der Waals surface area contributed by atoms with Crippen molar-refractivity contribution < 1.29 is 4.79 Å². The van der Waals surface area contributed by atoms with Crippen LogP contribution in [0.1, 0.15) is 37.3 Å². The lowest BCUT2D eigenvalue weighted by Gasteiger charge is -2.35. The summed E-state index contributed by atoms with van der Waals surface area (Å²) in [5, 5.41) is 3.10. The second-order valence-corrected chi connectivity index (χ2v) is 7.39. The number of nitrogens with zero attached hydrogens (tertiary/aromatic N) is 1. The van der Waals surface area contributed by atoms with Crippen LogP contribution in [0.15, 0.2) is 60.7 Å². The van der Waals surface area contributed by atoms with Gasteiger partial charge in [0.25, 0.3) is 0 Å². The monoisotopic (exact) mass is 350 g/mol. The predicted octanol–water partition coefficient (Wildman–Crippen LogP) is 4.04. The molecule has 0 saturated carbocycles. The zero-order valence-electron chi connectivity index (χ0n) is 15.7. The van der Waals surface area contributed by atoms with Gasteiger partial charge in [0, 0.05) is 18.5 Å². The fraction of sp³-hybridized carbons (Fsp3) is 0.435. The summed E-state index contributed by atoms with van der Waals surface area (Å²) >= 11 is 0. The molecule has 1 atom stereocenters. The third-order valence-corrected chi connectivity index (χ3v) is 5.53. The molecule has 0 radical (unpaired) electrons. The van der Waals surface area contributed by atoms with Crippen molar-refractivity contribution in [3.8, 4) is 0 Å². The van der Waals surface area contributed by atoms with E-state index in [2.05, 4.69) is 59.6 Å². The van der Waals surface area contributed by atoms with Gasteiger partial charge in [-0.15, -0.1) is 0 Å². The van der Waals surface area contributed by atoms with E-state index in [1.807, 2.05) is 18.2 Å². The zero-order valence-corrected chi connectivity index (χ0v) is 15.7. The molecule has 1 saturated heterocycles. The molecule has 1 heterocycles. The molecule has 0 aliphatic carbocycles. The quantitative estimate of drug-likeness (QED) is 0.817. The SMILES string of the molecule is CC(CCc1ccccc1)N1CCC(C(=O)NCc2ccccc2)CC1. The number of rotatable bonds is 7. The summed E-state index contributed by atoms with van der Waals surface area (Å²) in [6.45, 7) is 5.00. The first kappa shape index (κ1) is 18.7. The summed E-state index contributed by atoms with van der Waals surface area (Å²) in [6.07, 6.45) is 4.24. The molecule has 3 heteroatoms. The summed E-state index contributed by atoms with van der Waals surface area (Å²) < 4.78 is 0. The first-order valence-corrected chi connectivity index (χ1v) is 9.82. The normalized spacial score (nSPS) is 17.0. The van der Waals surface area contributed by atoms with Crippen LogP contribution in [0.3, 0.4) is 0 Å². The van der Waals surface area contributed by atoms with Gasteiger partial charge in [-0.1, -0.05) is 60.7 Å². The van der Waals surface area contributed by atoms with Crippen molar-refractivity contribution in [2.24, 2.45) is 5.92 Å². The maximum atomic E-state index is 12.4. The highest BCUT2D eigenvalue weighted by molar-refractivity contribution is 5.78. The third kappa shape index (κ3) is 5.43. The summed E-state index contributed by atoms with van der Waals surface area (Å²) in [5.74, 6) is 0.377. The summed E-state index contributed by atoms with van der Waals surface area (Å²) in [5.41, 5.74) is 2.57. The molecule has 1 aliphatic rings. The Morgan fingerprint density at radius 2 is 1.58 bits per heavy atom. The minimum Gasteiger partial charge on any atom is -0.352 e. The van der Waals surface area contributed by atoms with Gasteiger partial charge in [0.05, 0.1) is 0 Å². The largest absolute Gasteiger partial charge is 0.352 e. The Balaban J connectivity index is 1.38. The number of likely N-dealkylation sites (tertiary alicyclic amines) is 1. The van der Waals surface area contributed by atoms with E-state index in [0.29, 0.717) is 12.6 Å². The van der Waals surface area contributed by atoms with Gasteiger partial charge in [-0.3, -0.25) is 4.79 Å². The van der Waals surface area contributed by atoms with Crippen molar-refractivity contribution in [1.82, 2.24) is 10.2 Å². The van der Waals surface area contributed by atoms with E-state index < -0.39 is 0 Å². The molecule has 26 heavy (non-hydrogen) atoms. The molecule has 0 aromatic heterocycles. The Kier molecular flexibility index (Phi) is 6.84. The molecule has 0 bridgehead atoms. The number of hydrogen-bond donors (Lipinski definition) is 1. The van der Waals surface area contributed by atoms with Crippen LogP contribution in [0.4, 0.5) is 0 Å². The summed E-state index contributed by atoms with van der Waals surface area (Å²) in [7, 11) is 0. The molecule has 3 rings (SSSR count). The highest BCUT2D eigenvalue weighted by Gasteiger charge is 2.26. The van der Waals surface area contributed by atoms with Gasteiger partial charge in [-0.25, -0.2) is 0 Å². The number of hydrogen-bond acceptors (Lipinski definition) is 2. The van der Waals surface area contributed by atoms with E-state index in [1.54, 1.807) is 0 Å². The molecule has 2 aromatic rings. The minimum absolute atomic E-state index is 0.163. The fourth-order valence-corrected chi connectivity index (χ4v) is 3.73. The molecule has 1 fully saturated rings. The number of carbonyl (C=O) groups is 1. The van der Waals surface area contributed by atoms with E-state index in [1.165, 1.54) is 12.0 Å². The highest BCUT2D eigenvalue weighted by Crippen LogP contribution is 2.21. The van der Waals surface area contributed by atoms with Gasteiger partial charge < -0.3 is 10.2 Å². The number of amides is 1. The predicted molar refractivity (Wildman–Crippen MR) is 107 cm³/mol. The first-order valence-electron chi connectivity index (χ1n) is 9.82. The van der Waals surface area contributed by atoms with Gasteiger partial charge >= 0.3 is 0 Å². The molecule has 0 spiro atoms. The van der Waals surface area contributed by atoms with E-state index in [0.717, 1.165) is 37.9 Å². The molecular formula is C23H30N2O. The standard InChI is InChI=1S/C23H30N2O/c1-19(12-13-20-8-4-2-5-9-20)25-16-14-22(15-17-25)23(26)24-18-21-10-6-3-7-11-21/h2-11,19,22H,12-18H2,1H3,(H,24,26). The first-order chi connectivity index (χ1) is 12.7. The lowest BCUT2D eigenvalue weighted by Crippen LogP contribution is -2.44. The van der Waals surface area contributed by atoms with Crippen LogP contribution in [0.2, 0.25) is 0 Å². The molecule has 138 valence electrons. The average Bonchev–Trinajstić information content (AvgIpc) is 2.72. The smallest absolute Gasteiger partial charge is 0.223 e. The molecule has 1 amide bonds. The van der Waals surface area contributed by atoms with Crippen molar-refractivity contribution in [3.05, 3.63) is 71.8 Å². The van der Waals surface area contributed by atoms with Crippen molar-refractivity contribution in [1.29, 1.82) is 0 Å². The molecule has 1 aliphatic heterocycles. The van der Waals surface area contributed by atoms with Crippen LogP contribution in [0, 0.1) is 5.92 Å². The fourth-order valence-electron chi connectivity index (χ4n) is 3.73. The molecule has 3 nitrogen and oxygen atoms in total. The van der Waals surface area contributed by atoms with Crippen molar-refractivity contribution in [2.45, 2.75) is 45.2 Å². The topological polar surface area (TPSA) is 32.3 Å². The number of carbonyl (C=O) groups excluding carboxylic acids is 1. The summed E-state index contributed by atoms with van der Waals surface area (Å²) in [4.78, 5) is 15.0. The molecular weight excluding hydrogens is 320 g/mol. The van der Waals surface area contributed by atoms with Crippen LogP contribution >= 0.6 is 0 Å². The van der Waals surface area contributed by atoms with Gasteiger partial charge in [0.2, 0.25) is 5.91 Å². The van der Waals surface area contributed by atoms with E-state index in [9.17, 15) is 4.79 Å². The summed E-state index contributed by atoms with van der Waals surface area (Å²) in [6, 6.07) is 21.4. The maximum Gasteiger partial charge on any atom is 0.223 e. The maximum absolute atomic E-state index is 12.4. The Hall–Kier alpha value is -2.13. The van der Waals surface area contributed by atoms with E-state index in [-0.39, 0.29) is 11.8 Å². The number of piperidine rings is 1. The Morgan fingerprint density at radius 3 is 2.19 bits per heavy atom. The molecule has 1 unspecified atom stereocenters. The number of aryl methyl sites for hydroxylation is 1. The molecule has 1 N–H and O–H groups in total. The Labute approximate surface area is 157 Å². The van der Waals surface area contributed by atoms with Crippen LogP contribution in [0.5, 0.6) is 0 Å². The Morgan fingerprint density at radius 1 is 1.00 bits per heavy atom. The van der Waals surface area contributed by atoms with Gasteiger partial charge in [-0.2, -0.15) is 0 Å². The second-order valence-electron chi connectivity index (χ2n) is 7.39.